The van der Waals surface area contributed by atoms with Crippen molar-refractivity contribution in [1.82, 2.24) is 9.21 Å². The van der Waals surface area contributed by atoms with Crippen molar-refractivity contribution in [2.24, 2.45) is 0 Å². The first kappa shape index (κ1) is 20.4. The average molecular weight is 369 g/mol. The van der Waals surface area contributed by atoms with Gasteiger partial charge < -0.3 is 4.74 Å². The third-order valence-corrected chi connectivity index (χ3v) is 6.86. The number of sulfonamides is 1. The largest absolute Gasteiger partial charge is 0.385 e. The maximum atomic E-state index is 13.0. The highest BCUT2D eigenvalue weighted by Crippen LogP contribution is 2.24. The first-order valence-corrected chi connectivity index (χ1v) is 10.6. The summed E-state index contributed by atoms with van der Waals surface area (Å²) < 4.78 is 32.8. The van der Waals surface area contributed by atoms with Gasteiger partial charge in [0.1, 0.15) is 0 Å². The molecule has 0 amide bonds. The summed E-state index contributed by atoms with van der Waals surface area (Å²) in [5, 5.41) is 0. The SMILES string of the molecule is COCCCN1C(C)CN(S(=O)(=O)c2ccc(C(C)C)cc2)CC1C. The van der Waals surface area contributed by atoms with Crippen molar-refractivity contribution < 1.29 is 13.2 Å². The maximum absolute atomic E-state index is 13.0. The molecule has 2 atom stereocenters. The fourth-order valence-electron chi connectivity index (χ4n) is 3.51. The summed E-state index contributed by atoms with van der Waals surface area (Å²) in [4.78, 5) is 2.77. The standard InChI is InChI=1S/C19H32N2O3S/c1-15(2)18-7-9-19(10-8-18)25(22,23)20-13-16(3)21(17(4)14-20)11-6-12-24-5/h7-10,15-17H,6,11-14H2,1-5H3. The molecule has 2 unspecified atom stereocenters. The minimum Gasteiger partial charge on any atom is -0.385 e. The van der Waals surface area contributed by atoms with Crippen molar-refractivity contribution in [2.45, 2.75) is 57.0 Å². The van der Waals surface area contributed by atoms with E-state index in [4.69, 9.17) is 4.74 Å². The van der Waals surface area contributed by atoms with E-state index in [1.54, 1.807) is 23.5 Å². The van der Waals surface area contributed by atoms with E-state index in [1.807, 2.05) is 12.1 Å². The number of rotatable bonds is 7. The zero-order valence-corrected chi connectivity index (χ0v) is 16.9. The molecule has 0 aromatic heterocycles. The van der Waals surface area contributed by atoms with E-state index in [2.05, 4.69) is 32.6 Å². The lowest BCUT2D eigenvalue weighted by atomic mass is 10.0. The molecule has 1 aliphatic rings. The molecule has 2 rings (SSSR count). The smallest absolute Gasteiger partial charge is 0.243 e. The van der Waals surface area contributed by atoms with Gasteiger partial charge in [-0.25, -0.2) is 8.42 Å². The minimum absolute atomic E-state index is 0.199. The Hall–Kier alpha value is -0.950. The lowest BCUT2D eigenvalue weighted by molar-refractivity contribution is 0.0666. The highest BCUT2D eigenvalue weighted by Gasteiger charge is 2.35. The quantitative estimate of drug-likeness (QED) is 0.695. The van der Waals surface area contributed by atoms with Gasteiger partial charge in [0.25, 0.3) is 0 Å². The van der Waals surface area contributed by atoms with Gasteiger partial charge >= 0.3 is 0 Å². The van der Waals surface area contributed by atoms with Crippen LogP contribution in [0.25, 0.3) is 0 Å². The molecule has 1 aromatic carbocycles. The van der Waals surface area contributed by atoms with Crippen molar-refractivity contribution >= 4 is 10.0 Å². The summed E-state index contributed by atoms with van der Waals surface area (Å²) in [6.07, 6.45) is 0.967. The van der Waals surface area contributed by atoms with Crippen LogP contribution in [0.3, 0.4) is 0 Å². The molecule has 6 heteroatoms. The molecule has 1 heterocycles. The van der Waals surface area contributed by atoms with Gasteiger partial charge in [-0.2, -0.15) is 4.31 Å². The third-order valence-electron chi connectivity index (χ3n) is 5.02. The van der Waals surface area contributed by atoms with Crippen LogP contribution in [0.15, 0.2) is 29.2 Å². The van der Waals surface area contributed by atoms with E-state index in [9.17, 15) is 8.42 Å². The van der Waals surface area contributed by atoms with Crippen LogP contribution >= 0.6 is 0 Å². The van der Waals surface area contributed by atoms with Gasteiger partial charge in [0.15, 0.2) is 0 Å². The van der Waals surface area contributed by atoms with Crippen LogP contribution in [-0.2, 0) is 14.8 Å². The van der Waals surface area contributed by atoms with Gasteiger partial charge in [-0.3, -0.25) is 4.90 Å². The van der Waals surface area contributed by atoms with E-state index in [0.717, 1.165) is 25.1 Å². The van der Waals surface area contributed by atoms with Crippen LogP contribution < -0.4 is 0 Å². The number of hydrogen-bond acceptors (Lipinski definition) is 4. The van der Waals surface area contributed by atoms with Gasteiger partial charge in [0.2, 0.25) is 10.0 Å². The molecule has 1 fully saturated rings. The number of methoxy groups -OCH3 is 1. The molecule has 25 heavy (non-hydrogen) atoms. The number of hydrogen-bond donors (Lipinski definition) is 0. The zero-order chi connectivity index (χ0) is 18.6. The second-order valence-electron chi connectivity index (χ2n) is 7.33. The summed E-state index contributed by atoms with van der Waals surface area (Å²) in [5.74, 6) is 0.396. The van der Waals surface area contributed by atoms with Crippen molar-refractivity contribution in [3.63, 3.8) is 0 Å². The Morgan fingerprint density at radius 3 is 2.16 bits per heavy atom. The lowest BCUT2D eigenvalue weighted by Gasteiger charge is -2.43. The van der Waals surface area contributed by atoms with Crippen LogP contribution in [-0.4, -0.2) is 63.1 Å². The Morgan fingerprint density at radius 1 is 1.12 bits per heavy atom. The Labute approximate surface area is 153 Å². The molecule has 0 bridgehead atoms. The Bertz CT molecular complexity index is 631. The number of ether oxygens (including phenoxy) is 1. The summed E-state index contributed by atoms with van der Waals surface area (Å²) in [5.41, 5.74) is 1.16. The fraction of sp³-hybridized carbons (Fsp3) is 0.684. The van der Waals surface area contributed by atoms with Crippen molar-refractivity contribution in [3.8, 4) is 0 Å². The molecule has 0 aliphatic carbocycles. The topological polar surface area (TPSA) is 49.9 Å². The summed E-state index contributed by atoms with van der Waals surface area (Å²) >= 11 is 0. The molecule has 1 aromatic rings. The van der Waals surface area contributed by atoms with Crippen LogP contribution in [0.5, 0.6) is 0 Å². The van der Waals surface area contributed by atoms with Gasteiger partial charge in [0.05, 0.1) is 4.90 Å². The molecule has 0 radical (unpaired) electrons. The molecular formula is C19H32N2O3S. The van der Waals surface area contributed by atoms with E-state index in [-0.39, 0.29) is 12.1 Å². The Kier molecular flexibility index (Phi) is 7.02. The van der Waals surface area contributed by atoms with Gasteiger partial charge in [0, 0.05) is 45.4 Å². The highest BCUT2D eigenvalue weighted by molar-refractivity contribution is 7.89. The minimum atomic E-state index is -3.44. The normalized spacial score (nSPS) is 23.3. The zero-order valence-electron chi connectivity index (χ0n) is 16.1. The molecule has 0 saturated carbocycles. The molecule has 0 spiro atoms. The van der Waals surface area contributed by atoms with Crippen LogP contribution in [0.1, 0.15) is 45.6 Å². The summed E-state index contributed by atoms with van der Waals surface area (Å²) in [7, 11) is -1.73. The van der Waals surface area contributed by atoms with Gasteiger partial charge in [-0.05, 0) is 43.9 Å². The van der Waals surface area contributed by atoms with Gasteiger partial charge in [-0.1, -0.05) is 26.0 Å². The molecule has 142 valence electrons. The number of benzene rings is 1. The van der Waals surface area contributed by atoms with Crippen LogP contribution in [0, 0.1) is 0 Å². The summed E-state index contributed by atoms with van der Waals surface area (Å²) in [6.45, 7) is 11.2. The number of piperazine rings is 1. The molecule has 1 saturated heterocycles. The molecule has 0 N–H and O–H groups in total. The predicted octanol–water partition coefficient (Wildman–Crippen LogP) is 2.93. The second-order valence-corrected chi connectivity index (χ2v) is 9.27. The van der Waals surface area contributed by atoms with E-state index < -0.39 is 10.0 Å². The highest BCUT2D eigenvalue weighted by atomic mass is 32.2. The predicted molar refractivity (Wildman–Crippen MR) is 101 cm³/mol. The van der Waals surface area contributed by atoms with Crippen molar-refractivity contribution in [3.05, 3.63) is 29.8 Å². The van der Waals surface area contributed by atoms with E-state index in [1.165, 1.54) is 0 Å². The fourth-order valence-corrected chi connectivity index (χ4v) is 5.11. The molecule has 1 aliphatic heterocycles. The Balaban J connectivity index is 2.10. The van der Waals surface area contributed by atoms with E-state index in [0.29, 0.717) is 23.9 Å². The van der Waals surface area contributed by atoms with Gasteiger partial charge in [-0.15, -0.1) is 0 Å². The van der Waals surface area contributed by atoms with E-state index >= 15 is 0 Å². The maximum Gasteiger partial charge on any atom is 0.243 e. The summed E-state index contributed by atoms with van der Waals surface area (Å²) in [6, 6.07) is 7.72. The second kappa shape index (κ2) is 8.62. The third kappa shape index (κ3) is 4.82. The van der Waals surface area contributed by atoms with Crippen LogP contribution in [0.2, 0.25) is 0 Å². The Morgan fingerprint density at radius 2 is 1.68 bits per heavy atom. The van der Waals surface area contributed by atoms with Crippen molar-refractivity contribution in [1.29, 1.82) is 0 Å². The molecule has 5 nitrogen and oxygen atoms in total. The van der Waals surface area contributed by atoms with Crippen LogP contribution in [0.4, 0.5) is 0 Å². The lowest BCUT2D eigenvalue weighted by Crippen LogP contribution is -2.58. The molecular weight excluding hydrogens is 336 g/mol. The monoisotopic (exact) mass is 368 g/mol. The van der Waals surface area contributed by atoms with Crippen molar-refractivity contribution in [2.75, 3.05) is 33.4 Å². The number of nitrogens with zero attached hydrogens (tertiary/aromatic N) is 2. The average Bonchev–Trinajstić information content (AvgIpc) is 2.57. The first-order chi connectivity index (χ1) is 11.8. The first-order valence-electron chi connectivity index (χ1n) is 9.12.